The van der Waals surface area contributed by atoms with Crippen molar-refractivity contribution in [3.8, 4) is 5.75 Å². The first-order valence-electron chi connectivity index (χ1n) is 20.0. The predicted octanol–water partition coefficient (Wildman–Crippen LogP) is 8.19. The maximum Gasteiger partial charge on any atom is 0.260 e. The third-order valence-corrected chi connectivity index (χ3v) is 15.3. The van der Waals surface area contributed by atoms with E-state index in [-0.39, 0.29) is 22.7 Å². The first-order valence-corrected chi connectivity index (χ1v) is 21.8. The Balaban J connectivity index is 1.23. The number of hydrogen-bond donors (Lipinski definition) is 1. The van der Waals surface area contributed by atoms with Crippen LogP contribution in [0.2, 0.25) is 5.02 Å². The van der Waals surface area contributed by atoms with Gasteiger partial charge in [-0.3, -0.25) is 14.6 Å². The summed E-state index contributed by atoms with van der Waals surface area (Å²) in [5, 5.41) is 1.01. The number of fused-ring (bicyclic) bond motifs is 2. The first-order chi connectivity index (χ1) is 25.2. The Hall–Kier alpha value is -2.36. The van der Waals surface area contributed by atoms with Gasteiger partial charge in [0.25, 0.3) is 5.91 Å². The molecule has 0 spiro atoms. The Morgan fingerprint density at radius 2 is 1.87 bits per heavy atom. The van der Waals surface area contributed by atoms with Crippen LogP contribution in [-0.4, -0.2) is 98.0 Å². The summed E-state index contributed by atoms with van der Waals surface area (Å²) < 4.78 is 16.7. The summed E-state index contributed by atoms with van der Waals surface area (Å²) in [6.45, 7) is 14.5. The number of methoxy groups -OCH3 is 1. The number of ether oxygens (including phenoxy) is 2. The molecule has 9 heteroatoms. The summed E-state index contributed by atoms with van der Waals surface area (Å²) >= 11 is 6.53. The van der Waals surface area contributed by atoms with Crippen LogP contribution in [0.1, 0.15) is 93.1 Å². The first kappa shape index (κ1) is 37.9. The predicted molar refractivity (Wildman–Crippen MR) is 219 cm³/mol. The number of carbonyl (C=O) groups is 1. The number of nitrogens with zero attached hydrogens (tertiary/aromatic N) is 3. The van der Waals surface area contributed by atoms with Gasteiger partial charge in [0, 0.05) is 80.7 Å². The minimum atomic E-state index is -0.535. The number of piperazine rings is 1. The standard InChI is InChI=1S/C43H61ClN4O3S/c1-6-9-32-24-36(44)15-16-38(32)35-27-48-26-34-13-17-39(34)43(50-4,29-46-20-22-47(23-21-46)37-11-7-12-37)19-8-10-30(2)31(3)52(5)45-42(49)33-14-18-41(51-28-35)40(48)25-33/h8,14-16,18-19,24-25,30-31,34-35,37,39H,5-7,9-13,17,20-23,26-29H2,1-4H3,(H,45,49)/b19-8+. The highest BCUT2D eigenvalue weighted by atomic mass is 35.5. The molecule has 0 aromatic heterocycles. The minimum Gasteiger partial charge on any atom is -0.491 e. The molecule has 2 aromatic rings. The van der Waals surface area contributed by atoms with Crippen LogP contribution in [0.25, 0.3) is 0 Å². The average molecular weight is 750 g/mol. The highest BCUT2D eigenvalue weighted by molar-refractivity contribution is 8.13. The van der Waals surface area contributed by atoms with Crippen molar-refractivity contribution >= 4 is 39.7 Å². The number of anilines is 1. The van der Waals surface area contributed by atoms with Crippen molar-refractivity contribution < 1.29 is 14.3 Å². The number of hydrogen-bond acceptors (Lipinski definition) is 6. The van der Waals surface area contributed by atoms with Crippen molar-refractivity contribution in [2.45, 2.75) is 94.9 Å². The van der Waals surface area contributed by atoms with Crippen LogP contribution >= 0.6 is 22.3 Å². The van der Waals surface area contributed by atoms with Gasteiger partial charge in [-0.1, -0.05) is 80.0 Å². The van der Waals surface area contributed by atoms with Crippen LogP contribution in [-0.2, 0) is 11.2 Å². The lowest BCUT2D eigenvalue weighted by Gasteiger charge is -2.52. The minimum absolute atomic E-state index is 0.0659. The molecule has 1 saturated heterocycles. The van der Waals surface area contributed by atoms with Gasteiger partial charge >= 0.3 is 0 Å². The second-order valence-corrected chi connectivity index (χ2v) is 18.6. The maximum atomic E-state index is 13.7. The molecule has 1 amide bonds. The smallest absolute Gasteiger partial charge is 0.260 e. The van der Waals surface area contributed by atoms with Gasteiger partial charge in [0.1, 0.15) is 11.4 Å². The molecule has 284 valence electrons. The number of halogens is 1. The van der Waals surface area contributed by atoms with Crippen LogP contribution < -0.4 is 14.4 Å². The van der Waals surface area contributed by atoms with E-state index in [4.69, 9.17) is 21.1 Å². The molecule has 7 nitrogen and oxygen atoms in total. The van der Waals surface area contributed by atoms with Crippen molar-refractivity contribution in [1.29, 1.82) is 0 Å². The summed E-state index contributed by atoms with van der Waals surface area (Å²) in [5.74, 6) is 6.59. The van der Waals surface area contributed by atoms with E-state index in [0.717, 1.165) is 100 Å². The zero-order chi connectivity index (χ0) is 36.4. The van der Waals surface area contributed by atoms with Crippen LogP contribution in [0.15, 0.2) is 48.6 Å². The Kier molecular flexibility index (Phi) is 12.1. The molecular weight excluding hydrogens is 688 g/mol. The van der Waals surface area contributed by atoms with Gasteiger partial charge in [0.2, 0.25) is 0 Å². The van der Waals surface area contributed by atoms with E-state index in [1.165, 1.54) is 30.4 Å². The maximum absolute atomic E-state index is 13.7. The molecule has 52 heavy (non-hydrogen) atoms. The highest BCUT2D eigenvalue weighted by Gasteiger charge is 2.48. The largest absolute Gasteiger partial charge is 0.491 e. The van der Waals surface area contributed by atoms with Gasteiger partial charge in [0.15, 0.2) is 0 Å². The molecule has 3 heterocycles. The van der Waals surface area contributed by atoms with Crippen molar-refractivity contribution in [3.63, 3.8) is 0 Å². The molecule has 2 saturated carbocycles. The van der Waals surface area contributed by atoms with E-state index in [1.807, 2.05) is 25.3 Å². The van der Waals surface area contributed by atoms with Crippen LogP contribution in [0.3, 0.4) is 0 Å². The van der Waals surface area contributed by atoms with E-state index in [1.54, 1.807) is 0 Å². The zero-order valence-electron chi connectivity index (χ0n) is 32.0. The van der Waals surface area contributed by atoms with Crippen molar-refractivity contribution in [2.24, 2.45) is 17.8 Å². The van der Waals surface area contributed by atoms with Gasteiger partial charge in [-0.05, 0) is 97.7 Å². The molecule has 7 unspecified atom stereocenters. The Morgan fingerprint density at radius 3 is 2.56 bits per heavy atom. The Labute approximate surface area is 320 Å². The summed E-state index contributed by atoms with van der Waals surface area (Å²) in [6.07, 6.45) is 14.2. The van der Waals surface area contributed by atoms with Crippen LogP contribution in [0, 0.1) is 17.8 Å². The van der Waals surface area contributed by atoms with E-state index in [0.29, 0.717) is 29.9 Å². The third-order valence-electron chi connectivity index (χ3n) is 13.2. The second kappa shape index (κ2) is 16.6. The molecule has 3 fully saturated rings. The van der Waals surface area contributed by atoms with E-state index >= 15 is 0 Å². The van der Waals surface area contributed by atoms with Gasteiger partial charge in [-0.2, -0.15) is 0 Å². The van der Waals surface area contributed by atoms with E-state index in [9.17, 15) is 4.79 Å². The number of aryl methyl sites for hydroxylation is 1. The number of carbonyl (C=O) groups excluding carboxylic acids is 1. The lowest BCUT2D eigenvalue weighted by molar-refractivity contribution is -0.0971. The monoisotopic (exact) mass is 748 g/mol. The van der Waals surface area contributed by atoms with Crippen LogP contribution in [0.5, 0.6) is 5.75 Å². The second-order valence-electron chi connectivity index (χ2n) is 16.4. The van der Waals surface area contributed by atoms with Crippen molar-refractivity contribution in [2.75, 3.05) is 64.4 Å². The lowest BCUT2D eigenvalue weighted by atomic mass is 9.63. The van der Waals surface area contributed by atoms with Gasteiger partial charge in [0.05, 0.1) is 12.3 Å². The zero-order valence-corrected chi connectivity index (χ0v) is 33.5. The van der Waals surface area contributed by atoms with Gasteiger partial charge < -0.3 is 19.1 Å². The third kappa shape index (κ3) is 8.02. The van der Waals surface area contributed by atoms with Gasteiger partial charge in [-0.25, -0.2) is 0 Å². The number of nitrogens with one attached hydrogen (secondary N) is 1. The molecule has 2 aliphatic carbocycles. The summed E-state index contributed by atoms with van der Waals surface area (Å²) in [7, 11) is 1.41. The summed E-state index contributed by atoms with van der Waals surface area (Å²) in [5.41, 5.74) is 3.93. The van der Waals surface area contributed by atoms with Crippen molar-refractivity contribution in [3.05, 3.63) is 70.3 Å². The molecule has 1 N–H and O–H groups in total. The molecular formula is C43H61ClN4O3S. The molecule has 2 bridgehead atoms. The number of benzene rings is 2. The molecule has 3 aliphatic heterocycles. The highest BCUT2D eigenvalue weighted by Crippen LogP contribution is 2.47. The molecule has 7 rings (SSSR count). The summed E-state index contributed by atoms with van der Waals surface area (Å²) in [4.78, 5) is 21.7. The molecule has 2 aromatic carbocycles. The summed E-state index contributed by atoms with van der Waals surface area (Å²) in [6, 6.07) is 13.2. The SMILES string of the molecule is C=S1NC(=O)c2ccc3c(c2)N(CC(c2ccc(Cl)cc2CCC)CO3)CC2CCC2C(CN2CCN(C3CCC3)CC2)(OC)/C=C/CC(C)C1C. The normalized spacial score (nSPS) is 32.8. The fraction of sp³-hybridized carbons (Fsp3) is 0.628. The number of allylic oxidation sites excluding steroid dienone is 1. The van der Waals surface area contributed by atoms with Crippen LogP contribution in [0.4, 0.5) is 5.69 Å². The fourth-order valence-electron chi connectivity index (χ4n) is 9.36. The van der Waals surface area contributed by atoms with Gasteiger partial charge in [-0.15, -0.1) is 0 Å². The number of rotatable bonds is 7. The Bertz CT molecular complexity index is 1620. The lowest BCUT2D eigenvalue weighted by Crippen LogP contribution is -2.59. The molecule has 5 aliphatic rings. The number of amides is 1. The Morgan fingerprint density at radius 1 is 1.06 bits per heavy atom. The molecule has 0 radical (unpaired) electrons. The quantitative estimate of drug-likeness (QED) is 0.228. The molecule has 7 atom stereocenters. The topological polar surface area (TPSA) is 57.3 Å². The van der Waals surface area contributed by atoms with E-state index < -0.39 is 10.7 Å². The van der Waals surface area contributed by atoms with E-state index in [2.05, 4.69) is 76.4 Å². The average Bonchev–Trinajstić information content (AvgIpc) is 3.28. The van der Waals surface area contributed by atoms with Crippen molar-refractivity contribution in [1.82, 2.24) is 14.5 Å². The fourth-order valence-corrected chi connectivity index (χ4v) is 10.8.